The van der Waals surface area contributed by atoms with Gasteiger partial charge >= 0.3 is 0 Å². The molecule has 2 N–H and O–H groups in total. The average molecular weight is 237 g/mol. The molecule has 2 nitrogen and oxygen atoms in total. The molecule has 2 rings (SSSR count). The SMILES string of the molecule is CC(C)(N)CS(=O)CC1Cc2ccccc21. The minimum absolute atomic E-state index is 0.325. The Morgan fingerprint density at radius 1 is 1.44 bits per heavy atom. The third-order valence-electron chi connectivity index (χ3n) is 2.88. The van der Waals surface area contributed by atoms with Gasteiger partial charge in [0.25, 0.3) is 0 Å². The maximum atomic E-state index is 11.9. The van der Waals surface area contributed by atoms with Crippen LogP contribution in [0.4, 0.5) is 0 Å². The van der Waals surface area contributed by atoms with Crippen molar-refractivity contribution in [2.75, 3.05) is 11.5 Å². The topological polar surface area (TPSA) is 43.1 Å². The summed E-state index contributed by atoms with van der Waals surface area (Å²) in [6.07, 6.45) is 1.08. The molecular weight excluding hydrogens is 218 g/mol. The predicted octanol–water partition coefficient (Wildman–Crippen LogP) is 1.81. The average Bonchev–Trinajstić information content (AvgIpc) is 2.11. The van der Waals surface area contributed by atoms with E-state index in [1.807, 2.05) is 13.8 Å². The van der Waals surface area contributed by atoms with Gasteiger partial charge in [0.15, 0.2) is 0 Å². The summed E-state index contributed by atoms with van der Waals surface area (Å²) in [5, 5.41) is 0. The molecule has 0 radical (unpaired) electrons. The quantitative estimate of drug-likeness (QED) is 0.868. The number of hydrogen-bond donors (Lipinski definition) is 1. The molecule has 0 saturated heterocycles. The first kappa shape index (κ1) is 11.8. The second-order valence-corrected chi connectivity index (χ2v) is 6.84. The van der Waals surface area contributed by atoms with Gasteiger partial charge in [-0.15, -0.1) is 0 Å². The maximum absolute atomic E-state index is 11.9. The smallest absolute Gasteiger partial charge is 0.0410 e. The summed E-state index contributed by atoms with van der Waals surface area (Å²) < 4.78 is 11.9. The van der Waals surface area contributed by atoms with Gasteiger partial charge in [-0.1, -0.05) is 24.3 Å². The molecule has 0 bridgehead atoms. The van der Waals surface area contributed by atoms with Crippen LogP contribution in [0.25, 0.3) is 0 Å². The van der Waals surface area contributed by atoms with Gasteiger partial charge < -0.3 is 5.73 Å². The van der Waals surface area contributed by atoms with Crippen LogP contribution in [0.3, 0.4) is 0 Å². The second kappa shape index (κ2) is 4.30. The van der Waals surface area contributed by atoms with E-state index in [0.717, 1.165) is 12.2 Å². The van der Waals surface area contributed by atoms with Gasteiger partial charge in [0.1, 0.15) is 0 Å². The first-order chi connectivity index (χ1) is 7.46. The van der Waals surface area contributed by atoms with E-state index >= 15 is 0 Å². The lowest BCUT2D eigenvalue weighted by Gasteiger charge is -2.30. The van der Waals surface area contributed by atoms with Gasteiger partial charge in [0, 0.05) is 27.8 Å². The van der Waals surface area contributed by atoms with E-state index in [9.17, 15) is 4.21 Å². The van der Waals surface area contributed by atoms with Crippen LogP contribution in [0.1, 0.15) is 30.9 Å². The lowest BCUT2D eigenvalue weighted by atomic mass is 9.79. The highest BCUT2D eigenvalue weighted by atomic mass is 32.2. The Balaban J connectivity index is 1.92. The zero-order valence-electron chi connectivity index (χ0n) is 9.90. The van der Waals surface area contributed by atoms with Crippen LogP contribution in [0.5, 0.6) is 0 Å². The van der Waals surface area contributed by atoms with Gasteiger partial charge in [-0.3, -0.25) is 4.21 Å². The van der Waals surface area contributed by atoms with Gasteiger partial charge in [-0.2, -0.15) is 0 Å². The van der Waals surface area contributed by atoms with E-state index in [1.165, 1.54) is 11.1 Å². The van der Waals surface area contributed by atoms with Crippen LogP contribution in [0, 0.1) is 0 Å². The van der Waals surface area contributed by atoms with E-state index in [-0.39, 0.29) is 5.54 Å². The van der Waals surface area contributed by atoms with Crippen molar-refractivity contribution >= 4 is 10.8 Å². The molecule has 16 heavy (non-hydrogen) atoms. The molecular formula is C13H19NOS. The number of benzene rings is 1. The molecule has 3 heteroatoms. The van der Waals surface area contributed by atoms with E-state index in [4.69, 9.17) is 5.73 Å². The number of rotatable bonds is 4. The third kappa shape index (κ3) is 2.71. The van der Waals surface area contributed by atoms with Crippen molar-refractivity contribution in [3.63, 3.8) is 0 Å². The van der Waals surface area contributed by atoms with E-state index in [1.54, 1.807) is 0 Å². The second-order valence-electron chi connectivity index (χ2n) is 5.34. The van der Waals surface area contributed by atoms with Crippen molar-refractivity contribution < 1.29 is 4.21 Å². The minimum atomic E-state index is -0.800. The Kier molecular flexibility index (Phi) is 3.17. The molecule has 0 fully saturated rings. The standard InChI is InChI=1S/C13H19NOS/c1-13(2,14)9-16(15)8-11-7-10-5-3-4-6-12(10)11/h3-6,11H,7-9,14H2,1-2H3. The largest absolute Gasteiger partial charge is 0.325 e. The van der Waals surface area contributed by atoms with E-state index < -0.39 is 10.8 Å². The number of hydrogen-bond acceptors (Lipinski definition) is 2. The normalized spacial score (nSPS) is 21.1. The Morgan fingerprint density at radius 3 is 2.75 bits per heavy atom. The fourth-order valence-electron chi connectivity index (χ4n) is 2.21. The van der Waals surface area contributed by atoms with Crippen LogP contribution in [0.15, 0.2) is 24.3 Å². The van der Waals surface area contributed by atoms with Crippen LogP contribution in [-0.4, -0.2) is 21.3 Å². The summed E-state index contributed by atoms with van der Waals surface area (Å²) in [5.41, 5.74) is 8.34. The lowest BCUT2D eigenvalue weighted by Crippen LogP contribution is -2.39. The summed E-state index contributed by atoms with van der Waals surface area (Å²) in [6, 6.07) is 8.42. The summed E-state index contributed by atoms with van der Waals surface area (Å²) in [7, 11) is -0.800. The Bertz CT molecular complexity index is 409. The molecule has 1 aromatic carbocycles. The molecule has 2 unspecified atom stereocenters. The van der Waals surface area contributed by atoms with Crippen LogP contribution >= 0.6 is 0 Å². The van der Waals surface area contributed by atoms with Crippen molar-refractivity contribution in [3.05, 3.63) is 35.4 Å². The molecule has 1 aliphatic carbocycles. The molecule has 0 aromatic heterocycles. The van der Waals surface area contributed by atoms with Gasteiger partial charge in [0.2, 0.25) is 0 Å². The summed E-state index contributed by atoms with van der Waals surface area (Å²) in [4.78, 5) is 0. The molecule has 0 amide bonds. The fourth-order valence-corrected chi connectivity index (χ4v) is 3.90. The number of nitrogens with two attached hydrogens (primary N) is 1. The van der Waals surface area contributed by atoms with Crippen LogP contribution in [-0.2, 0) is 17.2 Å². The fraction of sp³-hybridized carbons (Fsp3) is 0.538. The zero-order valence-corrected chi connectivity index (χ0v) is 10.7. The van der Waals surface area contributed by atoms with Crippen molar-refractivity contribution in [2.24, 2.45) is 5.73 Å². The molecule has 88 valence electrons. The monoisotopic (exact) mass is 237 g/mol. The molecule has 0 saturated carbocycles. The summed E-state index contributed by atoms with van der Waals surface area (Å²) in [6.45, 7) is 3.86. The third-order valence-corrected chi connectivity index (χ3v) is 4.72. The van der Waals surface area contributed by atoms with E-state index in [2.05, 4.69) is 24.3 Å². The molecule has 2 atom stereocenters. The lowest BCUT2D eigenvalue weighted by molar-refractivity contribution is 0.572. The van der Waals surface area contributed by atoms with Crippen molar-refractivity contribution in [2.45, 2.75) is 31.7 Å². The highest BCUT2D eigenvalue weighted by Crippen LogP contribution is 2.35. The summed E-state index contributed by atoms with van der Waals surface area (Å²) in [5.74, 6) is 1.84. The van der Waals surface area contributed by atoms with Crippen LogP contribution in [0.2, 0.25) is 0 Å². The first-order valence-corrected chi connectivity index (χ1v) is 7.16. The molecule has 1 aliphatic rings. The predicted molar refractivity (Wildman–Crippen MR) is 69.0 cm³/mol. The number of fused-ring (bicyclic) bond motifs is 1. The molecule has 0 heterocycles. The van der Waals surface area contributed by atoms with Gasteiger partial charge in [0.05, 0.1) is 0 Å². The molecule has 1 aromatic rings. The highest BCUT2D eigenvalue weighted by molar-refractivity contribution is 7.85. The summed E-state index contributed by atoms with van der Waals surface area (Å²) >= 11 is 0. The molecule has 0 spiro atoms. The maximum Gasteiger partial charge on any atom is 0.0410 e. The Morgan fingerprint density at radius 2 is 2.12 bits per heavy atom. The molecule has 0 aliphatic heterocycles. The Hall–Kier alpha value is -0.670. The van der Waals surface area contributed by atoms with Gasteiger partial charge in [-0.25, -0.2) is 0 Å². The van der Waals surface area contributed by atoms with Crippen molar-refractivity contribution in [1.29, 1.82) is 0 Å². The Labute approximate surface area is 99.7 Å². The van der Waals surface area contributed by atoms with E-state index in [0.29, 0.717) is 11.7 Å². The van der Waals surface area contributed by atoms with Crippen LogP contribution < -0.4 is 5.73 Å². The highest BCUT2D eigenvalue weighted by Gasteiger charge is 2.28. The van der Waals surface area contributed by atoms with Crippen molar-refractivity contribution in [3.8, 4) is 0 Å². The minimum Gasteiger partial charge on any atom is -0.325 e. The van der Waals surface area contributed by atoms with Crippen molar-refractivity contribution in [1.82, 2.24) is 0 Å². The first-order valence-electron chi connectivity index (χ1n) is 5.67. The zero-order chi connectivity index (χ0) is 11.8. The van der Waals surface area contributed by atoms with Gasteiger partial charge in [-0.05, 0) is 37.3 Å².